The Bertz CT molecular complexity index is 2500. The van der Waals surface area contributed by atoms with Crippen molar-refractivity contribution in [3.63, 3.8) is 0 Å². The molecular formula is C48H59N11O8. The third-order valence-electron chi connectivity index (χ3n) is 11.5. The number of nitrogens with two attached hydrogens (primary N) is 3. The van der Waals surface area contributed by atoms with Crippen LogP contribution >= 0.6 is 0 Å². The molecule has 2 heterocycles. The molecule has 1 aliphatic heterocycles. The van der Waals surface area contributed by atoms with Crippen LogP contribution < -0.4 is 52.7 Å². The lowest BCUT2D eigenvalue weighted by Crippen LogP contribution is -2.56. The highest BCUT2D eigenvalue weighted by Crippen LogP contribution is 2.41. The molecule has 19 nitrogen and oxygen atoms in total. The number of fused-ring (bicyclic) bond motifs is 5. The van der Waals surface area contributed by atoms with Crippen molar-refractivity contribution in [3.05, 3.63) is 88.7 Å². The number of amides is 5. The van der Waals surface area contributed by atoms with Crippen molar-refractivity contribution in [1.82, 2.24) is 36.1 Å². The lowest BCUT2D eigenvalue weighted by Gasteiger charge is -2.32. The van der Waals surface area contributed by atoms with Gasteiger partial charge in [-0.1, -0.05) is 12.1 Å². The maximum absolute atomic E-state index is 14.7. The molecule has 1 aliphatic carbocycles. The summed E-state index contributed by atoms with van der Waals surface area (Å²) in [4.78, 5) is 81.0. The van der Waals surface area contributed by atoms with Gasteiger partial charge < -0.3 is 57.6 Å². The maximum Gasteiger partial charge on any atom is 0.255 e. The summed E-state index contributed by atoms with van der Waals surface area (Å²) in [6, 6.07) is 14.4. The number of hydrogen-bond acceptors (Lipinski definition) is 14. The summed E-state index contributed by atoms with van der Waals surface area (Å²) < 4.78 is 18.2. The first kappa shape index (κ1) is 49.3. The lowest BCUT2D eigenvalue weighted by molar-refractivity contribution is -0.141. The summed E-state index contributed by atoms with van der Waals surface area (Å²) >= 11 is 0. The fourth-order valence-corrected chi connectivity index (χ4v) is 7.77. The van der Waals surface area contributed by atoms with Crippen LogP contribution in [0.5, 0.6) is 17.2 Å². The minimum Gasteiger partial charge on any atom is -0.492 e. The van der Waals surface area contributed by atoms with E-state index in [9.17, 15) is 29.2 Å². The maximum atomic E-state index is 14.7. The van der Waals surface area contributed by atoms with Crippen molar-refractivity contribution in [1.29, 1.82) is 5.26 Å². The minimum absolute atomic E-state index is 0.000816. The smallest absolute Gasteiger partial charge is 0.255 e. The average Bonchev–Trinajstić information content (AvgIpc) is 4.04. The summed E-state index contributed by atoms with van der Waals surface area (Å²) in [7, 11) is 1.41. The van der Waals surface area contributed by atoms with E-state index in [1.165, 1.54) is 18.9 Å². The Kier molecular flexibility index (Phi) is 16.1. The number of aromatic nitrogens is 2. The second kappa shape index (κ2) is 21.9. The first-order valence-corrected chi connectivity index (χ1v) is 22.2. The van der Waals surface area contributed by atoms with Crippen LogP contribution in [0.2, 0.25) is 0 Å². The van der Waals surface area contributed by atoms with Gasteiger partial charge in [0, 0.05) is 43.2 Å². The highest BCUT2D eigenvalue weighted by atomic mass is 16.5. The third kappa shape index (κ3) is 12.0. The van der Waals surface area contributed by atoms with Crippen molar-refractivity contribution in [3.8, 4) is 45.8 Å². The Morgan fingerprint density at radius 1 is 0.896 bits per heavy atom. The van der Waals surface area contributed by atoms with Gasteiger partial charge in [-0.15, -0.1) is 0 Å². The van der Waals surface area contributed by atoms with Gasteiger partial charge in [-0.25, -0.2) is 9.97 Å². The average molecular weight is 918 g/mol. The van der Waals surface area contributed by atoms with E-state index in [-0.39, 0.29) is 63.4 Å². The van der Waals surface area contributed by atoms with E-state index in [2.05, 4.69) is 38.2 Å². The number of benzene rings is 3. The van der Waals surface area contributed by atoms with Crippen molar-refractivity contribution in [2.75, 3.05) is 46.4 Å². The van der Waals surface area contributed by atoms with Gasteiger partial charge in [-0.2, -0.15) is 5.26 Å². The van der Waals surface area contributed by atoms with Crippen molar-refractivity contribution < 1.29 is 38.2 Å². The van der Waals surface area contributed by atoms with Gasteiger partial charge >= 0.3 is 0 Å². The second-order valence-electron chi connectivity index (χ2n) is 16.9. The van der Waals surface area contributed by atoms with Gasteiger partial charge in [0.2, 0.25) is 23.6 Å². The third-order valence-corrected chi connectivity index (χ3v) is 11.5. The Balaban J connectivity index is 1.36. The molecule has 2 aliphatic rings. The van der Waals surface area contributed by atoms with E-state index < -0.39 is 53.7 Å². The molecule has 6 rings (SSSR count). The second-order valence-corrected chi connectivity index (χ2v) is 16.9. The number of aryl methyl sites for hydroxylation is 2. The topological polar surface area (TPSA) is 292 Å². The van der Waals surface area contributed by atoms with Crippen molar-refractivity contribution >= 4 is 29.5 Å². The SMILES string of the molecule is Cc1nc(-c2ccc(OC3(C)CC3)cc2)nc(C)c1C(=O)NC(CCN)C(=O)N(C)[C@@H]1C(=O)N[C@@H](C)C(=O)N[C@H](C(=O)NCC#N)Cc2ccc(OCCN)c(c2)-c2cc1ccc2OCCN. The molecule has 1 saturated carbocycles. The molecule has 3 aromatic carbocycles. The van der Waals surface area contributed by atoms with Gasteiger partial charge in [0.25, 0.3) is 5.91 Å². The van der Waals surface area contributed by atoms with Gasteiger partial charge in [-0.3, -0.25) is 24.0 Å². The fourth-order valence-electron chi connectivity index (χ4n) is 7.77. The first-order chi connectivity index (χ1) is 32.1. The molecule has 0 saturated heterocycles. The molecule has 354 valence electrons. The highest BCUT2D eigenvalue weighted by Gasteiger charge is 2.40. The normalized spacial score (nSPS) is 17.9. The number of carbonyl (C=O) groups is 5. The van der Waals surface area contributed by atoms with E-state index >= 15 is 0 Å². The van der Waals surface area contributed by atoms with Gasteiger partial charge in [0.1, 0.15) is 66.8 Å². The number of rotatable bonds is 17. The Morgan fingerprint density at radius 3 is 2.12 bits per heavy atom. The molecule has 1 unspecified atom stereocenters. The molecule has 5 amide bonds. The van der Waals surface area contributed by atoms with Crippen LogP contribution in [0.3, 0.4) is 0 Å². The van der Waals surface area contributed by atoms with E-state index in [1.54, 1.807) is 50.2 Å². The Labute approximate surface area is 389 Å². The van der Waals surface area contributed by atoms with Crippen LogP contribution in [-0.2, 0) is 25.6 Å². The summed E-state index contributed by atoms with van der Waals surface area (Å²) in [5.74, 6) is -1.45. The zero-order chi connectivity index (χ0) is 48.4. The molecule has 10 N–H and O–H groups in total. The zero-order valence-electron chi connectivity index (χ0n) is 38.4. The van der Waals surface area contributed by atoms with Crippen molar-refractivity contribution in [2.45, 2.75) is 83.1 Å². The van der Waals surface area contributed by atoms with Crippen molar-refractivity contribution in [2.24, 2.45) is 17.2 Å². The lowest BCUT2D eigenvalue weighted by atomic mass is 9.93. The first-order valence-electron chi connectivity index (χ1n) is 22.2. The van der Waals surface area contributed by atoms with E-state index in [4.69, 9.17) is 31.4 Å². The minimum atomic E-state index is -1.41. The van der Waals surface area contributed by atoms with Crippen LogP contribution in [0.25, 0.3) is 22.5 Å². The molecule has 4 bridgehead atoms. The zero-order valence-corrected chi connectivity index (χ0v) is 38.4. The molecule has 0 radical (unpaired) electrons. The molecule has 4 aromatic rings. The van der Waals surface area contributed by atoms with Crippen LogP contribution in [0.15, 0.2) is 60.7 Å². The van der Waals surface area contributed by atoms with E-state index in [1.807, 2.05) is 30.3 Å². The molecule has 4 atom stereocenters. The Hall–Kier alpha value is -7.14. The Morgan fingerprint density at radius 2 is 1.52 bits per heavy atom. The van der Waals surface area contributed by atoms with Gasteiger partial charge in [0.05, 0.1) is 23.0 Å². The van der Waals surface area contributed by atoms with Gasteiger partial charge in [-0.05, 0) is 113 Å². The predicted octanol–water partition coefficient (Wildman–Crippen LogP) is 1.87. The van der Waals surface area contributed by atoms with Gasteiger partial charge in [0.15, 0.2) is 5.82 Å². The number of carbonyl (C=O) groups excluding carboxylic acids is 5. The number of nitrogens with zero attached hydrogens (tertiary/aromatic N) is 4. The largest absolute Gasteiger partial charge is 0.492 e. The monoisotopic (exact) mass is 917 g/mol. The number of likely N-dealkylation sites (N-methyl/N-ethyl adjacent to an activating group) is 1. The summed E-state index contributed by atoms with van der Waals surface area (Å²) in [6.45, 7) is 7.22. The summed E-state index contributed by atoms with van der Waals surface area (Å²) in [6.07, 6.45) is 2.00. The molecule has 1 fully saturated rings. The predicted molar refractivity (Wildman–Crippen MR) is 248 cm³/mol. The number of nitrogens with one attached hydrogen (secondary N) is 4. The van der Waals surface area contributed by atoms with E-state index in [0.717, 1.165) is 24.2 Å². The number of nitriles is 1. The number of ether oxygens (including phenoxy) is 3. The quantitative estimate of drug-likeness (QED) is 0.0745. The fraction of sp³-hybridized carbons (Fsp3) is 0.417. The standard InChI is InChI=1S/C48H59N11O8/c1-27-40(28(2)55-42(54-27)31-7-10-33(11-8-31)67-48(4)15-16-48)45(62)57-36(14-17-49)47(64)59(5)41-32-9-13-39(66-23-20-52)35(26-32)34-24-30(6-12-38(34)65-22-19-51)25-37(44(61)53-21-18-50)58-43(60)29(3)56-46(41)63/h6-13,24,26,29,36-37,41H,14-17,19-23,25,49,51-52H2,1-5H3,(H,53,61)(H,56,63)(H,57,62)(H,58,60)/t29-,36?,37-,41-/m0/s1. The van der Waals surface area contributed by atoms with Crippen LogP contribution in [-0.4, -0.2) is 115 Å². The molecular weight excluding hydrogens is 859 g/mol. The molecule has 1 aromatic heterocycles. The van der Waals surface area contributed by atoms with Crippen LogP contribution in [0, 0.1) is 25.2 Å². The number of hydrogen-bond donors (Lipinski definition) is 7. The summed E-state index contributed by atoms with van der Waals surface area (Å²) in [5, 5.41) is 19.9. The molecule has 0 spiro atoms. The van der Waals surface area contributed by atoms with Crippen LogP contribution in [0.1, 0.15) is 72.0 Å². The van der Waals surface area contributed by atoms with Crippen LogP contribution in [0.4, 0.5) is 0 Å². The highest BCUT2D eigenvalue weighted by molar-refractivity contribution is 6.00. The molecule has 19 heteroatoms. The summed E-state index contributed by atoms with van der Waals surface area (Å²) in [5.41, 5.74) is 21.1. The van der Waals surface area contributed by atoms with E-state index in [0.29, 0.717) is 51.0 Å². The molecule has 67 heavy (non-hydrogen) atoms.